The van der Waals surface area contributed by atoms with Crippen LogP contribution in [0.25, 0.3) is 0 Å². The Hall–Kier alpha value is -1.35. The first-order chi connectivity index (χ1) is 9.60. The minimum atomic E-state index is -0.638. The normalized spacial score (nSPS) is 25.9. The van der Waals surface area contributed by atoms with E-state index in [1.165, 1.54) is 30.4 Å². The van der Waals surface area contributed by atoms with Gasteiger partial charge in [0.1, 0.15) is 0 Å². The molecule has 1 aliphatic carbocycles. The van der Waals surface area contributed by atoms with Crippen LogP contribution in [-0.4, -0.2) is 29.1 Å². The maximum absolute atomic E-state index is 11.3. The molecule has 0 radical (unpaired) electrons. The molecule has 3 heteroatoms. The average Bonchev–Trinajstić information content (AvgIpc) is 2.47. The molecule has 0 bridgehead atoms. The lowest BCUT2D eigenvalue weighted by Gasteiger charge is -2.42. The van der Waals surface area contributed by atoms with E-state index in [9.17, 15) is 9.90 Å². The fraction of sp³-hybridized carbons (Fsp3) is 0.588. The lowest BCUT2D eigenvalue weighted by molar-refractivity contribution is -0.151. The van der Waals surface area contributed by atoms with E-state index in [-0.39, 0.29) is 0 Å². The molecule has 3 nitrogen and oxygen atoms in total. The Bertz CT molecular complexity index is 503. The number of likely N-dealkylation sites (tertiary alicyclic amines) is 1. The zero-order valence-electron chi connectivity index (χ0n) is 12.1. The summed E-state index contributed by atoms with van der Waals surface area (Å²) in [4.78, 5) is 13.8. The highest BCUT2D eigenvalue weighted by molar-refractivity contribution is 5.74. The van der Waals surface area contributed by atoms with Gasteiger partial charge in [-0.2, -0.15) is 0 Å². The van der Waals surface area contributed by atoms with Gasteiger partial charge in [0.05, 0.1) is 5.41 Å². The fourth-order valence-corrected chi connectivity index (χ4v) is 3.65. The van der Waals surface area contributed by atoms with Crippen molar-refractivity contribution >= 4 is 5.97 Å². The monoisotopic (exact) mass is 273 g/mol. The zero-order valence-corrected chi connectivity index (χ0v) is 12.1. The molecule has 2 aliphatic rings. The van der Waals surface area contributed by atoms with Crippen molar-refractivity contribution in [3.8, 4) is 0 Å². The van der Waals surface area contributed by atoms with E-state index >= 15 is 0 Å². The Morgan fingerprint density at radius 3 is 2.70 bits per heavy atom. The molecule has 1 aromatic rings. The van der Waals surface area contributed by atoms with E-state index in [1.54, 1.807) is 0 Å². The fourth-order valence-electron chi connectivity index (χ4n) is 3.65. The van der Waals surface area contributed by atoms with Gasteiger partial charge < -0.3 is 5.11 Å². The number of carboxylic acid groups (broad SMARTS) is 1. The van der Waals surface area contributed by atoms with Crippen molar-refractivity contribution in [2.75, 3.05) is 13.1 Å². The van der Waals surface area contributed by atoms with Crippen LogP contribution in [0.15, 0.2) is 24.3 Å². The number of benzene rings is 1. The molecule has 20 heavy (non-hydrogen) atoms. The van der Waals surface area contributed by atoms with E-state index < -0.39 is 11.4 Å². The molecular formula is C17H23NO2. The molecule has 1 aromatic carbocycles. The number of rotatable bonds is 2. The number of hydrogen-bond acceptors (Lipinski definition) is 2. The molecule has 0 saturated carbocycles. The van der Waals surface area contributed by atoms with Gasteiger partial charge in [0.2, 0.25) is 0 Å². The first-order valence-corrected chi connectivity index (χ1v) is 7.65. The number of aryl methyl sites for hydroxylation is 1. The summed E-state index contributed by atoms with van der Waals surface area (Å²) in [5, 5.41) is 9.33. The van der Waals surface area contributed by atoms with Crippen LogP contribution in [0.1, 0.15) is 49.8 Å². The summed E-state index contributed by atoms with van der Waals surface area (Å²) < 4.78 is 0. The molecule has 1 aliphatic heterocycles. The number of carboxylic acids is 1. The minimum Gasteiger partial charge on any atom is -0.481 e. The van der Waals surface area contributed by atoms with E-state index in [1.807, 2.05) is 6.92 Å². The van der Waals surface area contributed by atoms with Crippen LogP contribution in [-0.2, 0) is 11.2 Å². The number of nitrogens with zero attached hydrogens (tertiary/aromatic N) is 1. The molecule has 1 unspecified atom stereocenters. The van der Waals surface area contributed by atoms with Crippen molar-refractivity contribution in [3.05, 3.63) is 35.4 Å². The Morgan fingerprint density at radius 2 is 2.00 bits per heavy atom. The van der Waals surface area contributed by atoms with Gasteiger partial charge in [-0.05, 0) is 63.2 Å². The van der Waals surface area contributed by atoms with E-state index in [0.29, 0.717) is 6.04 Å². The summed E-state index contributed by atoms with van der Waals surface area (Å²) in [7, 11) is 0. The Balaban J connectivity index is 1.75. The molecule has 0 spiro atoms. The standard InChI is InChI=1S/C17H23NO2/c1-17(16(19)20)9-11-18(12-10-17)15-8-4-6-13-5-2-3-7-14(13)15/h2-3,5,7,15H,4,6,8-12H2,1H3,(H,19,20). The summed E-state index contributed by atoms with van der Waals surface area (Å²) in [5.74, 6) is -0.638. The van der Waals surface area contributed by atoms with Crippen molar-refractivity contribution in [1.29, 1.82) is 0 Å². The molecule has 1 fully saturated rings. The second kappa shape index (κ2) is 5.21. The van der Waals surface area contributed by atoms with Crippen LogP contribution in [0, 0.1) is 5.41 Å². The van der Waals surface area contributed by atoms with Crippen molar-refractivity contribution in [2.45, 2.75) is 45.1 Å². The Morgan fingerprint density at radius 1 is 1.30 bits per heavy atom. The molecule has 108 valence electrons. The largest absolute Gasteiger partial charge is 0.481 e. The predicted octanol–water partition coefficient (Wildman–Crippen LogP) is 3.25. The molecule has 1 saturated heterocycles. The summed E-state index contributed by atoms with van der Waals surface area (Å²) in [5.41, 5.74) is 2.43. The van der Waals surface area contributed by atoms with Crippen molar-refractivity contribution in [2.24, 2.45) is 5.41 Å². The predicted molar refractivity (Wildman–Crippen MR) is 78.7 cm³/mol. The highest BCUT2D eigenvalue weighted by Gasteiger charge is 2.39. The van der Waals surface area contributed by atoms with E-state index in [4.69, 9.17) is 0 Å². The summed E-state index contributed by atoms with van der Waals surface area (Å²) in [6, 6.07) is 9.25. The number of hydrogen-bond donors (Lipinski definition) is 1. The first kappa shape index (κ1) is 13.6. The molecule has 1 heterocycles. The molecular weight excluding hydrogens is 250 g/mol. The van der Waals surface area contributed by atoms with E-state index in [2.05, 4.69) is 29.2 Å². The van der Waals surface area contributed by atoms with Gasteiger partial charge in [0, 0.05) is 6.04 Å². The highest BCUT2D eigenvalue weighted by atomic mass is 16.4. The van der Waals surface area contributed by atoms with Crippen LogP contribution in [0.5, 0.6) is 0 Å². The first-order valence-electron chi connectivity index (χ1n) is 7.65. The van der Waals surface area contributed by atoms with Crippen LogP contribution < -0.4 is 0 Å². The topological polar surface area (TPSA) is 40.5 Å². The van der Waals surface area contributed by atoms with Crippen molar-refractivity contribution < 1.29 is 9.90 Å². The van der Waals surface area contributed by atoms with Crippen LogP contribution in [0.4, 0.5) is 0 Å². The number of fused-ring (bicyclic) bond motifs is 1. The molecule has 0 aromatic heterocycles. The summed E-state index contributed by atoms with van der Waals surface area (Å²) in [6.07, 6.45) is 5.17. The summed E-state index contributed by atoms with van der Waals surface area (Å²) in [6.45, 7) is 3.70. The molecule has 1 atom stereocenters. The Kier molecular flexibility index (Phi) is 3.55. The van der Waals surface area contributed by atoms with Crippen molar-refractivity contribution in [3.63, 3.8) is 0 Å². The number of carbonyl (C=O) groups is 1. The smallest absolute Gasteiger partial charge is 0.309 e. The van der Waals surface area contributed by atoms with Gasteiger partial charge in [-0.3, -0.25) is 9.69 Å². The SMILES string of the molecule is CC1(C(=O)O)CCN(C2CCCc3ccccc32)CC1. The quantitative estimate of drug-likeness (QED) is 0.899. The van der Waals surface area contributed by atoms with Gasteiger partial charge in [-0.25, -0.2) is 0 Å². The highest BCUT2D eigenvalue weighted by Crippen LogP contribution is 2.39. The maximum Gasteiger partial charge on any atom is 0.309 e. The third-order valence-corrected chi connectivity index (χ3v) is 5.20. The second-order valence-corrected chi connectivity index (χ2v) is 6.51. The Labute approximate surface area is 120 Å². The average molecular weight is 273 g/mol. The summed E-state index contributed by atoms with van der Waals surface area (Å²) >= 11 is 0. The van der Waals surface area contributed by atoms with Crippen LogP contribution in [0.3, 0.4) is 0 Å². The zero-order chi connectivity index (χ0) is 14.2. The van der Waals surface area contributed by atoms with E-state index in [0.717, 1.165) is 25.9 Å². The molecule has 3 rings (SSSR count). The van der Waals surface area contributed by atoms with Crippen LogP contribution in [0.2, 0.25) is 0 Å². The third kappa shape index (κ3) is 2.35. The molecule has 1 N–H and O–H groups in total. The van der Waals surface area contributed by atoms with Gasteiger partial charge in [-0.1, -0.05) is 24.3 Å². The number of aliphatic carboxylic acids is 1. The van der Waals surface area contributed by atoms with Gasteiger partial charge in [0.25, 0.3) is 0 Å². The number of piperidine rings is 1. The lowest BCUT2D eigenvalue weighted by Crippen LogP contribution is -2.44. The van der Waals surface area contributed by atoms with Crippen LogP contribution >= 0.6 is 0 Å². The lowest BCUT2D eigenvalue weighted by atomic mass is 9.78. The minimum absolute atomic E-state index is 0.498. The third-order valence-electron chi connectivity index (χ3n) is 5.20. The van der Waals surface area contributed by atoms with Crippen molar-refractivity contribution in [1.82, 2.24) is 4.90 Å². The van der Waals surface area contributed by atoms with Gasteiger partial charge in [0.15, 0.2) is 0 Å². The molecule has 0 amide bonds. The maximum atomic E-state index is 11.3. The van der Waals surface area contributed by atoms with Gasteiger partial charge in [-0.15, -0.1) is 0 Å². The second-order valence-electron chi connectivity index (χ2n) is 6.51. The van der Waals surface area contributed by atoms with Gasteiger partial charge >= 0.3 is 5.97 Å².